The van der Waals surface area contributed by atoms with Gasteiger partial charge in [-0.15, -0.1) is 0 Å². The third-order valence-electron chi connectivity index (χ3n) is 3.50. The maximum Gasteiger partial charge on any atom is 0.335 e. The lowest BCUT2D eigenvalue weighted by atomic mass is 10.1. The van der Waals surface area contributed by atoms with Crippen LogP contribution < -0.4 is 10.3 Å². The van der Waals surface area contributed by atoms with E-state index < -0.39 is 16.0 Å². The fraction of sp³-hybridized carbons (Fsp3) is 0. The zero-order valence-corrected chi connectivity index (χ0v) is 14.0. The number of carbonyl (C=O) groups is 1. The van der Waals surface area contributed by atoms with Crippen LogP contribution in [-0.2, 0) is 10.0 Å². The molecule has 0 saturated carbocycles. The van der Waals surface area contributed by atoms with E-state index in [1.165, 1.54) is 36.4 Å². The Kier molecular flexibility index (Phi) is 4.55. The molecule has 0 amide bonds. The first kappa shape index (κ1) is 17.4. The van der Waals surface area contributed by atoms with Gasteiger partial charge in [-0.05, 0) is 42.5 Å². The average molecular weight is 371 g/mol. The van der Waals surface area contributed by atoms with E-state index in [1.54, 1.807) is 24.3 Å². The van der Waals surface area contributed by atoms with E-state index in [2.05, 4.69) is 14.9 Å². The van der Waals surface area contributed by atoms with Crippen molar-refractivity contribution in [1.82, 2.24) is 10.2 Å². The van der Waals surface area contributed by atoms with Crippen LogP contribution in [0.4, 0.5) is 5.69 Å². The lowest BCUT2D eigenvalue weighted by molar-refractivity contribution is 0.0696. The van der Waals surface area contributed by atoms with Gasteiger partial charge in [0, 0.05) is 17.3 Å². The lowest BCUT2D eigenvalue weighted by Crippen LogP contribution is -2.13. The minimum Gasteiger partial charge on any atom is -0.478 e. The Morgan fingerprint density at radius 1 is 1.04 bits per heavy atom. The molecular weight excluding hydrogens is 358 g/mol. The second-order valence-corrected chi connectivity index (χ2v) is 7.00. The third-order valence-corrected chi connectivity index (χ3v) is 4.90. The monoisotopic (exact) mass is 371 g/mol. The van der Waals surface area contributed by atoms with Gasteiger partial charge in [-0.25, -0.2) is 18.3 Å². The van der Waals surface area contributed by atoms with Crippen LogP contribution in [0, 0.1) is 0 Å². The molecule has 2 aromatic carbocycles. The van der Waals surface area contributed by atoms with Crippen LogP contribution in [0.2, 0.25) is 0 Å². The van der Waals surface area contributed by atoms with E-state index in [4.69, 9.17) is 5.11 Å². The third kappa shape index (κ3) is 3.78. The van der Waals surface area contributed by atoms with Crippen LogP contribution in [0.5, 0.6) is 0 Å². The molecule has 132 valence electrons. The van der Waals surface area contributed by atoms with Crippen molar-refractivity contribution in [2.45, 2.75) is 4.90 Å². The van der Waals surface area contributed by atoms with Crippen molar-refractivity contribution < 1.29 is 18.3 Å². The van der Waals surface area contributed by atoms with Crippen LogP contribution >= 0.6 is 0 Å². The molecule has 0 saturated heterocycles. The molecule has 3 aromatic rings. The number of hydrogen-bond donors (Lipinski definition) is 3. The minimum absolute atomic E-state index is 0.00454. The van der Waals surface area contributed by atoms with Gasteiger partial charge in [-0.2, -0.15) is 5.10 Å². The van der Waals surface area contributed by atoms with E-state index in [1.807, 2.05) is 0 Å². The SMILES string of the molecule is O=C(O)c1ccc(S(=O)(=O)Nc2cccc(-c3ccc(=O)[nH]n3)c2)cc1. The average Bonchev–Trinajstić information content (AvgIpc) is 2.62. The molecule has 1 aromatic heterocycles. The summed E-state index contributed by atoms with van der Waals surface area (Å²) in [6.45, 7) is 0. The first-order valence-electron chi connectivity index (χ1n) is 7.37. The fourth-order valence-electron chi connectivity index (χ4n) is 2.24. The highest BCUT2D eigenvalue weighted by Gasteiger charge is 2.15. The quantitative estimate of drug-likeness (QED) is 0.628. The number of rotatable bonds is 5. The predicted molar refractivity (Wildman–Crippen MR) is 94.5 cm³/mol. The number of hydrogen-bond acceptors (Lipinski definition) is 5. The summed E-state index contributed by atoms with van der Waals surface area (Å²) in [6, 6.07) is 14.2. The number of carboxylic acid groups (broad SMARTS) is 1. The molecule has 0 bridgehead atoms. The van der Waals surface area contributed by atoms with Crippen LogP contribution in [0.15, 0.2) is 70.4 Å². The van der Waals surface area contributed by atoms with Crippen molar-refractivity contribution in [3.8, 4) is 11.3 Å². The van der Waals surface area contributed by atoms with Gasteiger partial charge in [0.1, 0.15) is 0 Å². The van der Waals surface area contributed by atoms with E-state index in [0.717, 1.165) is 0 Å². The number of sulfonamides is 1. The van der Waals surface area contributed by atoms with Gasteiger partial charge in [0.25, 0.3) is 15.6 Å². The second kappa shape index (κ2) is 6.81. The van der Waals surface area contributed by atoms with E-state index in [-0.39, 0.29) is 16.0 Å². The molecule has 9 heteroatoms. The molecule has 0 aliphatic carbocycles. The van der Waals surface area contributed by atoms with Crippen LogP contribution in [0.3, 0.4) is 0 Å². The van der Waals surface area contributed by atoms with Gasteiger partial charge in [0.2, 0.25) is 0 Å². The molecule has 0 aliphatic heterocycles. The number of benzene rings is 2. The number of aromatic carboxylic acids is 1. The van der Waals surface area contributed by atoms with Crippen molar-refractivity contribution in [3.05, 3.63) is 76.6 Å². The Hall–Kier alpha value is -3.46. The van der Waals surface area contributed by atoms with Gasteiger partial charge in [0.15, 0.2) is 0 Å². The molecule has 0 radical (unpaired) electrons. The number of aromatic amines is 1. The highest BCUT2D eigenvalue weighted by atomic mass is 32.2. The first-order valence-corrected chi connectivity index (χ1v) is 8.86. The van der Waals surface area contributed by atoms with Crippen molar-refractivity contribution in [1.29, 1.82) is 0 Å². The Labute approximate surface area is 148 Å². The second-order valence-electron chi connectivity index (χ2n) is 5.32. The highest BCUT2D eigenvalue weighted by Crippen LogP contribution is 2.22. The van der Waals surface area contributed by atoms with Crippen LogP contribution in [0.25, 0.3) is 11.3 Å². The summed E-state index contributed by atoms with van der Waals surface area (Å²) >= 11 is 0. The van der Waals surface area contributed by atoms with Gasteiger partial charge in [0.05, 0.1) is 16.2 Å². The van der Waals surface area contributed by atoms with E-state index in [9.17, 15) is 18.0 Å². The van der Waals surface area contributed by atoms with Crippen LogP contribution in [-0.4, -0.2) is 29.7 Å². The molecule has 3 N–H and O–H groups in total. The van der Waals surface area contributed by atoms with Gasteiger partial charge < -0.3 is 5.11 Å². The normalized spacial score (nSPS) is 11.1. The lowest BCUT2D eigenvalue weighted by Gasteiger charge is -2.09. The Bertz CT molecular complexity index is 1100. The van der Waals surface area contributed by atoms with Crippen molar-refractivity contribution >= 4 is 21.7 Å². The van der Waals surface area contributed by atoms with Gasteiger partial charge in [-0.3, -0.25) is 9.52 Å². The van der Waals surface area contributed by atoms with Crippen molar-refractivity contribution in [2.24, 2.45) is 0 Å². The highest BCUT2D eigenvalue weighted by molar-refractivity contribution is 7.92. The largest absolute Gasteiger partial charge is 0.478 e. The molecule has 0 fully saturated rings. The summed E-state index contributed by atoms with van der Waals surface area (Å²) in [7, 11) is -3.88. The topological polar surface area (TPSA) is 129 Å². The number of aromatic nitrogens is 2. The zero-order chi connectivity index (χ0) is 18.7. The predicted octanol–water partition coefficient (Wildman–Crippen LogP) is 1.94. The van der Waals surface area contributed by atoms with Gasteiger partial charge >= 0.3 is 5.97 Å². The smallest absolute Gasteiger partial charge is 0.335 e. The molecule has 1 heterocycles. The van der Waals surface area contributed by atoms with Crippen molar-refractivity contribution in [2.75, 3.05) is 4.72 Å². The first-order chi connectivity index (χ1) is 12.3. The molecule has 0 spiro atoms. The number of anilines is 1. The molecule has 0 aliphatic rings. The zero-order valence-electron chi connectivity index (χ0n) is 13.2. The standard InChI is InChI=1S/C17H13N3O5S/c21-16-9-8-15(18-19-16)12-2-1-3-13(10-12)20-26(24,25)14-6-4-11(5-7-14)17(22)23/h1-10,20H,(H,19,21)(H,22,23). The summed E-state index contributed by atoms with van der Waals surface area (Å²) in [5.74, 6) is -1.14. The van der Waals surface area contributed by atoms with Crippen molar-refractivity contribution in [3.63, 3.8) is 0 Å². The summed E-state index contributed by atoms with van der Waals surface area (Å²) < 4.78 is 27.3. The molecule has 8 nitrogen and oxygen atoms in total. The summed E-state index contributed by atoms with van der Waals surface area (Å²) in [4.78, 5) is 21.9. The Morgan fingerprint density at radius 2 is 1.77 bits per heavy atom. The summed E-state index contributed by atoms with van der Waals surface area (Å²) in [6.07, 6.45) is 0. The summed E-state index contributed by atoms with van der Waals surface area (Å²) in [5.41, 5.74) is 1.06. The minimum atomic E-state index is -3.88. The number of nitrogens with one attached hydrogen (secondary N) is 2. The molecular formula is C17H13N3O5S. The molecule has 0 atom stereocenters. The van der Waals surface area contributed by atoms with E-state index >= 15 is 0 Å². The van der Waals surface area contributed by atoms with Crippen LogP contribution in [0.1, 0.15) is 10.4 Å². The number of H-pyrrole nitrogens is 1. The molecule has 3 rings (SSSR count). The Balaban J connectivity index is 1.88. The number of carboxylic acids is 1. The Morgan fingerprint density at radius 3 is 2.38 bits per heavy atom. The van der Waals surface area contributed by atoms with E-state index in [0.29, 0.717) is 16.9 Å². The molecule has 0 unspecified atom stereocenters. The maximum absolute atomic E-state index is 12.5. The molecule has 26 heavy (non-hydrogen) atoms. The van der Waals surface area contributed by atoms with Gasteiger partial charge in [-0.1, -0.05) is 12.1 Å². The summed E-state index contributed by atoms with van der Waals surface area (Å²) in [5, 5.41) is 15.1. The maximum atomic E-state index is 12.5. The fourth-order valence-corrected chi connectivity index (χ4v) is 3.29. The number of nitrogens with zero attached hydrogens (tertiary/aromatic N) is 1.